The summed E-state index contributed by atoms with van der Waals surface area (Å²) in [5.41, 5.74) is 2.14. The van der Waals surface area contributed by atoms with E-state index in [4.69, 9.17) is 9.47 Å². The fourth-order valence-electron chi connectivity index (χ4n) is 3.06. The van der Waals surface area contributed by atoms with Gasteiger partial charge in [0, 0.05) is 18.6 Å². The fourth-order valence-corrected chi connectivity index (χ4v) is 3.75. The molecule has 0 aliphatic carbocycles. The van der Waals surface area contributed by atoms with Crippen LogP contribution >= 0.6 is 11.3 Å². The number of aromatic nitrogens is 1. The van der Waals surface area contributed by atoms with E-state index in [9.17, 15) is 9.18 Å². The number of pyridine rings is 1. The van der Waals surface area contributed by atoms with E-state index in [1.807, 2.05) is 41.8 Å². The van der Waals surface area contributed by atoms with Crippen molar-refractivity contribution in [2.45, 2.75) is 0 Å². The fraction of sp³-hybridized carbons (Fsp3) is 0.130. The van der Waals surface area contributed by atoms with Crippen LogP contribution < -0.4 is 10.1 Å². The van der Waals surface area contributed by atoms with E-state index in [-0.39, 0.29) is 18.2 Å². The number of halogens is 1. The number of nitrogens with zero attached hydrogens (tertiary/aromatic N) is 1. The summed E-state index contributed by atoms with van der Waals surface area (Å²) >= 11 is 1.55. The SMILES string of the molecule is COCCOc1ccc(F)cc1NC(=O)c1cc(-c2cccs2)nc2ccccc12. The van der Waals surface area contributed by atoms with E-state index in [1.165, 1.54) is 18.2 Å². The van der Waals surface area contributed by atoms with Gasteiger partial charge in [-0.05, 0) is 35.7 Å². The summed E-state index contributed by atoms with van der Waals surface area (Å²) in [5.74, 6) is -0.463. The van der Waals surface area contributed by atoms with Crippen molar-refractivity contribution in [3.05, 3.63) is 77.4 Å². The molecule has 0 aliphatic rings. The number of hydrogen-bond donors (Lipinski definition) is 1. The predicted molar refractivity (Wildman–Crippen MR) is 117 cm³/mol. The van der Waals surface area contributed by atoms with Crippen molar-refractivity contribution in [2.24, 2.45) is 0 Å². The Morgan fingerprint density at radius 3 is 2.77 bits per heavy atom. The summed E-state index contributed by atoms with van der Waals surface area (Å²) in [6.45, 7) is 0.662. The summed E-state index contributed by atoms with van der Waals surface area (Å²) in [5, 5.41) is 5.47. The Morgan fingerprint density at radius 2 is 1.97 bits per heavy atom. The Labute approximate surface area is 177 Å². The van der Waals surface area contributed by atoms with Crippen LogP contribution in [0, 0.1) is 5.82 Å². The van der Waals surface area contributed by atoms with Gasteiger partial charge in [0.15, 0.2) is 0 Å². The summed E-state index contributed by atoms with van der Waals surface area (Å²) < 4.78 is 24.5. The lowest BCUT2D eigenvalue weighted by Crippen LogP contribution is -2.15. The molecule has 0 saturated heterocycles. The standard InChI is InChI=1S/C23H19FN2O3S/c1-28-10-11-29-21-9-8-15(24)13-19(21)26-23(27)17-14-20(22-7-4-12-30-22)25-18-6-3-2-5-16(17)18/h2-9,12-14H,10-11H2,1H3,(H,26,27). The number of amides is 1. The molecular weight excluding hydrogens is 403 g/mol. The largest absolute Gasteiger partial charge is 0.489 e. The van der Waals surface area contributed by atoms with Gasteiger partial charge in [-0.2, -0.15) is 0 Å². The highest BCUT2D eigenvalue weighted by molar-refractivity contribution is 7.13. The van der Waals surface area contributed by atoms with Crippen LogP contribution in [0.25, 0.3) is 21.5 Å². The number of carbonyl (C=O) groups is 1. The number of rotatable bonds is 7. The number of para-hydroxylation sites is 1. The predicted octanol–water partition coefficient (Wildman–Crippen LogP) is 5.38. The van der Waals surface area contributed by atoms with E-state index in [1.54, 1.807) is 24.5 Å². The van der Waals surface area contributed by atoms with Gasteiger partial charge >= 0.3 is 0 Å². The zero-order valence-corrected chi connectivity index (χ0v) is 17.0. The zero-order chi connectivity index (χ0) is 20.9. The Bertz CT molecular complexity index is 1180. The van der Waals surface area contributed by atoms with E-state index >= 15 is 0 Å². The number of thiophene rings is 1. The van der Waals surface area contributed by atoms with Crippen molar-refractivity contribution in [3.63, 3.8) is 0 Å². The maximum Gasteiger partial charge on any atom is 0.256 e. The zero-order valence-electron chi connectivity index (χ0n) is 16.2. The van der Waals surface area contributed by atoms with Crippen LogP contribution in [0.15, 0.2) is 66.0 Å². The molecule has 30 heavy (non-hydrogen) atoms. The third-order valence-corrected chi connectivity index (χ3v) is 5.36. The molecule has 1 N–H and O–H groups in total. The minimum atomic E-state index is -0.469. The molecule has 152 valence electrons. The Balaban J connectivity index is 1.71. The molecule has 5 nitrogen and oxygen atoms in total. The second-order valence-electron chi connectivity index (χ2n) is 6.49. The monoisotopic (exact) mass is 422 g/mol. The Kier molecular flexibility index (Phi) is 6.02. The summed E-state index contributed by atoms with van der Waals surface area (Å²) in [4.78, 5) is 18.8. The molecule has 0 fully saturated rings. The minimum absolute atomic E-state index is 0.259. The highest BCUT2D eigenvalue weighted by atomic mass is 32.1. The van der Waals surface area contributed by atoms with Crippen molar-refractivity contribution >= 4 is 33.8 Å². The highest BCUT2D eigenvalue weighted by Crippen LogP contribution is 2.30. The molecule has 2 aromatic carbocycles. The molecule has 2 heterocycles. The number of nitrogens with one attached hydrogen (secondary N) is 1. The Morgan fingerprint density at radius 1 is 1.10 bits per heavy atom. The quantitative estimate of drug-likeness (QED) is 0.406. The smallest absolute Gasteiger partial charge is 0.256 e. The molecule has 0 unspecified atom stereocenters. The van der Waals surface area contributed by atoms with Gasteiger partial charge in [0.2, 0.25) is 0 Å². The number of carbonyl (C=O) groups excluding carboxylic acids is 1. The van der Waals surface area contributed by atoms with Crippen molar-refractivity contribution in [1.82, 2.24) is 4.98 Å². The van der Waals surface area contributed by atoms with Gasteiger partial charge < -0.3 is 14.8 Å². The number of hydrogen-bond acceptors (Lipinski definition) is 5. The average Bonchev–Trinajstić information content (AvgIpc) is 3.29. The number of fused-ring (bicyclic) bond motifs is 1. The third-order valence-electron chi connectivity index (χ3n) is 4.47. The van der Waals surface area contributed by atoms with Crippen LogP contribution in [-0.4, -0.2) is 31.2 Å². The number of benzene rings is 2. The Hall–Kier alpha value is -3.29. The van der Waals surface area contributed by atoms with Crippen molar-refractivity contribution in [2.75, 3.05) is 25.6 Å². The lowest BCUT2D eigenvalue weighted by atomic mass is 10.1. The van der Waals surface area contributed by atoms with Crippen LogP contribution in [0.3, 0.4) is 0 Å². The molecule has 0 radical (unpaired) electrons. The van der Waals surface area contributed by atoms with Gasteiger partial charge in [0.05, 0.1) is 33.9 Å². The lowest BCUT2D eigenvalue weighted by Gasteiger charge is -2.14. The topological polar surface area (TPSA) is 60.5 Å². The molecule has 2 aromatic heterocycles. The third kappa shape index (κ3) is 4.32. The molecule has 4 rings (SSSR count). The molecule has 4 aromatic rings. The van der Waals surface area contributed by atoms with Crippen LogP contribution in [0.4, 0.5) is 10.1 Å². The van der Waals surface area contributed by atoms with Gasteiger partial charge in [0.25, 0.3) is 5.91 Å². The molecule has 1 amide bonds. The average molecular weight is 422 g/mol. The first-order valence-electron chi connectivity index (χ1n) is 9.32. The van der Waals surface area contributed by atoms with Gasteiger partial charge in [-0.25, -0.2) is 9.37 Å². The van der Waals surface area contributed by atoms with E-state index in [2.05, 4.69) is 10.3 Å². The van der Waals surface area contributed by atoms with Crippen LogP contribution in [-0.2, 0) is 4.74 Å². The molecule has 0 saturated carbocycles. The van der Waals surface area contributed by atoms with Gasteiger partial charge in [-0.1, -0.05) is 24.3 Å². The number of ether oxygens (including phenoxy) is 2. The van der Waals surface area contributed by atoms with Crippen LogP contribution in [0.5, 0.6) is 5.75 Å². The van der Waals surface area contributed by atoms with Crippen molar-refractivity contribution < 1.29 is 18.7 Å². The molecule has 7 heteroatoms. The molecule has 0 spiro atoms. The number of methoxy groups -OCH3 is 1. The van der Waals surface area contributed by atoms with Crippen LogP contribution in [0.1, 0.15) is 10.4 Å². The molecule has 0 aliphatic heterocycles. The summed E-state index contributed by atoms with van der Waals surface area (Å²) in [6, 6.07) is 17.1. The maximum atomic E-state index is 13.9. The molecule has 0 atom stereocenters. The van der Waals surface area contributed by atoms with E-state index in [0.717, 1.165) is 4.88 Å². The normalized spacial score (nSPS) is 10.9. The second-order valence-corrected chi connectivity index (χ2v) is 7.43. The second kappa shape index (κ2) is 9.02. The van der Waals surface area contributed by atoms with Gasteiger partial charge in [-0.3, -0.25) is 4.79 Å². The first kappa shape index (κ1) is 20.0. The summed E-state index contributed by atoms with van der Waals surface area (Å²) in [6.07, 6.45) is 0. The van der Waals surface area contributed by atoms with Gasteiger partial charge in [0.1, 0.15) is 18.2 Å². The lowest BCUT2D eigenvalue weighted by molar-refractivity contribution is 0.102. The van der Waals surface area contributed by atoms with Crippen molar-refractivity contribution in [3.8, 4) is 16.3 Å². The molecular formula is C23H19FN2O3S. The maximum absolute atomic E-state index is 13.9. The minimum Gasteiger partial charge on any atom is -0.489 e. The summed E-state index contributed by atoms with van der Waals surface area (Å²) in [7, 11) is 1.57. The van der Waals surface area contributed by atoms with Gasteiger partial charge in [-0.15, -0.1) is 11.3 Å². The first-order chi connectivity index (χ1) is 14.7. The molecule has 0 bridgehead atoms. The van der Waals surface area contributed by atoms with E-state index < -0.39 is 5.82 Å². The first-order valence-corrected chi connectivity index (χ1v) is 10.2. The number of anilines is 1. The highest BCUT2D eigenvalue weighted by Gasteiger charge is 2.17. The van der Waals surface area contributed by atoms with E-state index in [0.29, 0.717) is 34.5 Å². The van der Waals surface area contributed by atoms with Crippen molar-refractivity contribution in [1.29, 1.82) is 0 Å². The van der Waals surface area contributed by atoms with Crippen LogP contribution in [0.2, 0.25) is 0 Å².